The first kappa shape index (κ1) is 12.2. The van der Waals surface area contributed by atoms with E-state index in [1.165, 1.54) is 6.42 Å². The van der Waals surface area contributed by atoms with Gasteiger partial charge in [-0.15, -0.1) is 0 Å². The molecule has 102 valence electrons. The number of imidazole rings is 1. The number of carboxylic acids is 1. The van der Waals surface area contributed by atoms with Crippen LogP contribution in [0.1, 0.15) is 41.9 Å². The van der Waals surface area contributed by atoms with E-state index < -0.39 is 5.97 Å². The van der Waals surface area contributed by atoms with Crippen LogP contribution in [0.5, 0.6) is 0 Å². The molecule has 6 heteroatoms. The lowest BCUT2D eigenvalue weighted by atomic mass is 9.82. The summed E-state index contributed by atoms with van der Waals surface area (Å²) >= 11 is 0. The lowest BCUT2D eigenvalue weighted by molar-refractivity contribution is -0.134. The zero-order valence-corrected chi connectivity index (χ0v) is 10.7. The van der Waals surface area contributed by atoms with Crippen LogP contribution in [0.3, 0.4) is 0 Å². The first-order chi connectivity index (χ1) is 9.15. The van der Waals surface area contributed by atoms with Crippen molar-refractivity contribution >= 4 is 11.9 Å². The molecule has 1 aromatic rings. The van der Waals surface area contributed by atoms with Crippen molar-refractivity contribution in [1.29, 1.82) is 0 Å². The number of aromatic carboxylic acids is 1. The number of aromatic nitrogens is 2. The van der Waals surface area contributed by atoms with Gasteiger partial charge in [-0.25, -0.2) is 9.78 Å². The molecular formula is C13H17N3O3. The highest BCUT2D eigenvalue weighted by Crippen LogP contribution is 2.30. The van der Waals surface area contributed by atoms with E-state index in [-0.39, 0.29) is 11.6 Å². The van der Waals surface area contributed by atoms with Crippen LogP contribution in [-0.2, 0) is 17.9 Å². The fourth-order valence-corrected chi connectivity index (χ4v) is 2.72. The molecule has 1 aliphatic carbocycles. The van der Waals surface area contributed by atoms with Crippen LogP contribution in [0.15, 0.2) is 6.33 Å². The maximum Gasteiger partial charge on any atom is 0.356 e. The molecule has 19 heavy (non-hydrogen) atoms. The van der Waals surface area contributed by atoms with Crippen LogP contribution in [0.25, 0.3) is 0 Å². The maximum atomic E-state index is 12.2. The van der Waals surface area contributed by atoms with Crippen molar-refractivity contribution in [3.63, 3.8) is 0 Å². The first-order valence-corrected chi connectivity index (χ1v) is 6.70. The van der Waals surface area contributed by atoms with Crippen molar-refractivity contribution in [3.8, 4) is 0 Å². The third-order valence-electron chi connectivity index (χ3n) is 4.14. The van der Waals surface area contributed by atoms with Gasteiger partial charge in [0.05, 0.1) is 18.6 Å². The maximum absolute atomic E-state index is 12.2. The minimum absolute atomic E-state index is 0.0705. The molecule has 0 unspecified atom stereocenters. The third kappa shape index (κ3) is 2.22. The number of carboxylic acid groups (broad SMARTS) is 1. The van der Waals surface area contributed by atoms with Gasteiger partial charge >= 0.3 is 5.97 Å². The number of hydrogen-bond acceptors (Lipinski definition) is 3. The number of rotatable bonds is 3. The summed E-state index contributed by atoms with van der Waals surface area (Å²) in [6, 6.07) is 0. The summed E-state index contributed by atoms with van der Waals surface area (Å²) in [7, 11) is 0. The van der Waals surface area contributed by atoms with E-state index >= 15 is 0 Å². The molecule has 0 bridgehead atoms. The van der Waals surface area contributed by atoms with E-state index in [0.717, 1.165) is 12.8 Å². The van der Waals surface area contributed by atoms with E-state index in [4.69, 9.17) is 5.11 Å². The molecule has 3 rings (SSSR count). The number of carbonyl (C=O) groups is 2. The van der Waals surface area contributed by atoms with Crippen LogP contribution in [-0.4, -0.2) is 38.0 Å². The molecule has 0 saturated heterocycles. The number of fused-ring (bicyclic) bond motifs is 1. The monoisotopic (exact) mass is 263 g/mol. The molecule has 1 aliphatic heterocycles. The lowest BCUT2D eigenvalue weighted by Gasteiger charge is -2.32. The van der Waals surface area contributed by atoms with Crippen LogP contribution in [0, 0.1) is 5.92 Å². The molecule has 6 nitrogen and oxygen atoms in total. The van der Waals surface area contributed by atoms with E-state index in [9.17, 15) is 9.59 Å². The summed E-state index contributed by atoms with van der Waals surface area (Å²) in [5.41, 5.74) is 0.710. The topological polar surface area (TPSA) is 75.4 Å². The van der Waals surface area contributed by atoms with E-state index in [1.807, 2.05) is 4.57 Å². The van der Waals surface area contributed by atoms with Crippen LogP contribution in [0.2, 0.25) is 0 Å². The van der Waals surface area contributed by atoms with Gasteiger partial charge in [0.25, 0.3) is 0 Å². The van der Waals surface area contributed by atoms with Crippen LogP contribution < -0.4 is 0 Å². The number of carbonyl (C=O) groups excluding carboxylic acids is 1. The molecule has 1 aromatic heterocycles. The minimum atomic E-state index is -1.03. The Morgan fingerprint density at radius 2 is 2.16 bits per heavy atom. The summed E-state index contributed by atoms with van der Waals surface area (Å²) < 4.78 is 1.83. The molecule has 0 atom stereocenters. The Balaban J connectivity index is 1.71. The van der Waals surface area contributed by atoms with E-state index in [1.54, 1.807) is 11.2 Å². The third-order valence-corrected chi connectivity index (χ3v) is 4.14. The van der Waals surface area contributed by atoms with Crippen molar-refractivity contribution in [3.05, 3.63) is 17.7 Å². The fourth-order valence-electron chi connectivity index (χ4n) is 2.72. The van der Waals surface area contributed by atoms with Crippen molar-refractivity contribution in [2.45, 2.75) is 38.8 Å². The lowest BCUT2D eigenvalue weighted by Crippen LogP contribution is -2.39. The predicted octanol–water partition coefficient (Wildman–Crippen LogP) is 1.11. The molecule has 0 radical (unpaired) electrons. The number of hydrogen-bond donors (Lipinski definition) is 1. The second kappa shape index (κ2) is 4.68. The summed E-state index contributed by atoms with van der Waals surface area (Å²) in [6.45, 7) is 1.65. The highest BCUT2D eigenvalue weighted by molar-refractivity contribution is 5.87. The first-order valence-electron chi connectivity index (χ1n) is 6.70. The minimum Gasteiger partial charge on any atom is -0.476 e. The van der Waals surface area contributed by atoms with Crippen molar-refractivity contribution in [2.24, 2.45) is 5.92 Å². The largest absolute Gasteiger partial charge is 0.476 e. The molecule has 1 N–H and O–H groups in total. The van der Waals surface area contributed by atoms with Crippen molar-refractivity contribution < 1.29 is 14.7 Å². The molecule has 1 fully saturated rings. The van der Waals surface area contributed by atoms with Gasteiger partial charge in [-0.2, -0.15) is 0 Å². The Labute approximate surface area is 111 Å². The molecule has 2 heterocycles. The highest BCUT2D eigenvalue weighted by Gasteiger charge is 2.28. The Bertz CT molecular complexity index is 519. The molecule has 2 aliphatic rings. The average molecular weight is 263 g/mol. The molecular weight excluding hydrogens is 246 g/mol. The van der Waals surface area contributed by atoms with Gasteiger partial charge in [-0.3, -0.25) is 4.79 Å². The zero-order valence-electron chi connectivity index (χ0n) is 10.7. The second-order valence-electron chi connectivity index (χ2n) is 5.35. The molecule has 0 spiro atoms. The summed E-state index contributed by atoms with van der Waals surface area (Å²) in [6.07, 6.45) is 5.69. The molecule has 0 aromatic carbocycles. The van der Waals surface area contributed by atoms with Gasteiger partial charge in [0.2, 0.25) is 5.91 Å². The van der Waals surface area contributed by atoms with Gasteiger partial charge in [0.1, 0.15) is 0 Å². The van der Waals surface area contributed by atoms with Crippen LogP contribution in [0.4, 0.5) is 0 Å². The smallest absolute Gasteiger partial charge is 0.356 e. The summed E-state index contributed by atoms with van der Waals surface area (Å²) in [5.74, 6) is -0.339. The van der Waals surface area contributed by atoms with Gasteiger partial charge in [0.15, 0.2) is 5.69 Å². The van der Waals surface area contributed by atoms with Crippen LogP contribution >= 0.6 is 0 Å². The van der Waals surface area contributed by atoms with Crippen molar-refractivity contribution in [2.75, 3.05) is 6.54 Å². The Morgan fingerprint density at radius 3 is 2.79 bits per heavy atom. The summed E-state index contributed by atoms with van der Waals surface area (Å²) in [4.78, 5) is 28.9. The predicted molar refractivity (Wildman–Crippen MR) is 66.6 cm³/mol. The van der Waals surface area contributed by atoms with Gasteiger partial charge in [0, 0.05) is 19.5 Å². The molecule has 1 amide bonds. The zero-order chi connectivity index (χ0) is 13.4. The van der Waals surface area contributed by atoms with Gasteiger partial charge in [-0.05, 0) is 18.8 Å². The fraction of sp³-hybridized carbons (Fsp3) is 0.615. The van der Waals surface area contributed by atoms with Crippen molar-refractivity contribution in [1.82, 2.24) is 14.5 Å². The Morgan fingerprint density at radius 1 is 1.37 bits per heavy atom. The van der Waals surface area contributed by atoms with E-state index in [2.05, 4.69) is 4.98 Å². The van der Waals surface area contributed by atoms with Gasteiger partial charge in [-0.1, -0.05) is 6.42 Å². The SMILES string of the molecule is O=C(O)c1ncn2c1CN(C(=O)CC1CCC1)CC2. The van der Waals surface area contributed by atoms with Gasteiger partial charge < -0.3 is 14.6 Å². The Hall–Kier alpha value is -1.85. The number of nitrogens with zero attached hydrogens (tertiary/aromatic N) is 3. The highest BCUT2D eigenvalue weighted by atomic mass is 16.4. The molecule has 1 saturated carbocycles. The Kier molecular flexibility index (Phi) is 3.00. The average Bonchev–Trinajstić information content (AvgIpc) is 2.76. The quantitative estimate of drug-likeness (QED) is 0.886. The summed E-state index contributed by atoms with van der Waals surface area (Å²) in [5, 5.41) is 9.07. The number of amides is 1. The standard InChI is InChI=1S/C13H17N3O3/c17-11(6-9-2-1-3-9)15-4-5-16-8-14-12(13(18)19)10(16)7-15/h8-9H,1-7H2,(H,18,19). The second-order valence-corrected chi connectivity index (χ2v) is 5.35. The normalized spacial score (nSPS) is 18.8. The van der Waals surface area contributed by atoms with E-state index in [0.29, 0.717) is 37.7 Å².